The Morgan fingerprint density at radius 3 is 2.74 bits per heavy atom. The fourth-order valence-electron chi connectivity index (χ4n) is 2.86. The van der Waals surface area contributed by atoms with Crippen molar-refractivity contribution in [3.05, 3.63) is 35.4 Å². The van der Waals surface area contributed by atoms with E-state index < -0.39 is 0 Å². The molecule has 1 heterocycles. The van der Waals surface area contributed by atoms with Crippen molar-refractivity contribution in [1.82, 2.24) is 15.5 Å². The topological polar surface area (TPSA) is 39.7 Å². The summed E-state index contributed by atoms with van der Waals surface area (Å²) in [4.78, 5) is 7.23. The summed E-state index contributed by atoms with van der Waals surface area (Å²) in [5.41, 5.74) is 2.92. The summed E-state index contributed by atoms with van der Waals surface area (Å²) in [6.45, 7) is 10.7. The van der Waals surface area contributed by atoms with Gasteiger partial charge >= 0.3 is 0 Å². The Hall–Kier alpha value is -1.99. The average Bonchev–Trinajstić information content (AvgIpc) is 2.57. The van der Waals surface area contributed by atoms with Crippen molar-refractivity contribution in [2.45, 2.75) is 39.3 Å². The average molecular weight is 312 g/mol. The van der Waals surface area contributed by atoms with Crippen molar-refractivity contribution in [3.63, 3.8) is 0 Å². The van der Waals surface area contributed by atoms with Crippen LogP contribution in [0.15, 0.2) is 29.3 Å². The van der Waals surface area contributed by atoms with Gasteiger partial charge in [0.05, 0.1) is 13.1 Å². The summed E-state index contributed by atoms with van der Waals surface area (Å²) < 4.78 is 0. The van der Waals surface area contributed by atoms with E-state index in [4.69, 9.17) is 11.4 Å². The molecule has 0 spiro atoms. The molecule has 1 aliphatic rings. The highest BCUT2D eigenvalue weighted by Gasteiger charge is 2.29. The molecule has 1 aliphatic heterocycles. The smallest absolute Gasteiger partial charge is 0.192 e. The summed E-state index contributed by atoms with van der Waals surface area (Å²) in [7, 11) is 0. The van der Waals surface area contributed by atoms with Gasteiger partial charge in [-0.25, -0.2) is 0 Å². The zero-order valence-electron chi connectivity index (χ0n) is 14.5. The van der Waals surface area contributed by atoms with Crippen molar-refractivity contribution < 1.29 is 0 Å². The zero-order chi connectivity index (χ0) is 16.7. The number of hydrogen-bond acceptors (Lipinski definition) is 2. The molecule has 0 radical (unpaired) electrons. The summed E-state index contributed by atoms with van der Waals surface area (Å²) in [5, 5.41) is 6.38. The third kappa shape index (κ3) is 4.74. The molecule has 0 atom stereocenters. The molecule has 1 aromatic carbocycles. The third-order valence-electron chi connectivity index (χ3n) is 4.31. The number of nitrogens with one attached hydrogen (secondary N) is 2. The molecule has 4 heteroatoms. The number of terminal acetylenes is 1. The molecular weight excluding hydrogens is 284 g/mol. The van der Waals surface area contributed by atoms with Gasteiger partial charge in [0.25, 0.3) is 0 Å². The molecule has 1 aromatic rings. The van der Waals surface area contributed by atoms with Crippen LogP contribution in [0.2, 0.25) is 0 Å². The molecule has 2 N–H and O–H groups in total. The quantitative estimate of drug-likeness (QED) is 0.496. The van der Waals surface area contributed by atoms with Gasteiger partial charge in [0.15, 0.2) is 5.96 Å². The Balaban J connectivity index is 2.02. The highest BCUT2D eigenvalue weighted by atomic mass is 15.2. The van der Waals surface area contributed by atoms with Crippen molar-refractivity contribution in [1.29, 1.82) is 0 Å². The number of fused-ring (bicyclic) bond motifs is 1. The van der Waals surface area contributed by atoms with Crippen molar-refractivity contribution >= 4 is 5.96 Å². The van der Waals surface area contributed by atoms with Crippen LogP contribution >= 0.6 is 0 Å². The third-order valence-corrected chi connectivity index (χ3v) is 4.31. The molecule has 0 aliphatic carbocycles. The van der Waals surface area contributed by atoms with Gasteiger partial charge in [0.2, 0.25) is 0 Å². The Kier molecular flexibility index (Phi) is 6.06. The van der Waals surface area contributed by atoms with Gasteiger partial charge in [-0.2, -0.15) is 0 Å². The highest BCUT2D eigenvalue weighted by Crippen LogP contribution is 2.25. The predicted octanol–water partition coefficient (Wildman–Crippen LogP) is 2.01. The molecule has 0 amide bonds. The molecule has 4 nitrogen and oxygen atoms in total. The normalized spacial score (nSPS) is 15.7. The summed E-state index contributed by atoms with van der Waals surface area (Å²) in [5.74, 6) is 3.37. The Labute approximate surface area is 140 Å². The SMILES string of the molecule is C#CCNC(=NCC(C)(C)N1CCc2ccccc2C1)NCC. The van der Waals surface area contributed by atoms with Crippen LogP contribution in [0.25, 0.3) is 0 Å². The lowest BCUT2D eigenvalue weighted by Crippen LogP contribution is -2.49. The van der Waals surface area contributed by atoms with E-state index in [9.17, 15) is 0 Å². The molecule has 23 heavy (non-hydrogen) atoms. The minimum atomic E-state index is 0.00598. The molecule has 0 bridgehead atoms. The van der Waals surface area contributed by atoms with Crippen molar-refractivity contribution in [2.24, 2.45) is 4.99 Å². The second-order valence-electron chi connectivity index (χ2n) is 6.51. The number of benzene rings is 1. The van der Waals surface area contributed by atoms with Crippen LogP contribution in [0, 0.1) is 12.3 Å². The Morgan fingerprint density at radius 2 is 2.04 bits per heavy atom. The number of nitrogens with zero attached hydrogens (tertiary/aromatic N) is 2. The maximum absolute atomic E-state index is 5.31. The van der Waals surface area contributed by atoms with Crippen molar-refractivity contribution in [3.8, 4) is 12.3 Å². The fraction of sp³-hybridized carbons (Fsp3) is 0.526. The number of guanidine groups is 1. The van der Waals surface area contributed by atoms with Crippen LogP contribution in [0.3, 0.4) is 0 Å². The Bertz CT molecular complexity index is 583. The maximum atomic E-state index is 5.31. The largest absolute Gasteiger partial charge is 0.357 e. The molecule has 2 rings (SSSR count). The molecule has 0 saturated heterocycles. The fourth-order valence-corrected chi connectivity index (χ4v) is 2.86. The summed E-state index contributed by atoms with van der Waals surface area (Å²) >= 11 is 0. The lowest BCUT2D eigenvalue weighted by Gasteiger charge is -2.40. The monoisotopic (exact) mass is 312 g/mol. The lowest BCUT2D eigenvalue weighted by molar-refractivity contribution is 0.112. The first kappa shape index (κ1) is 17.4. The standard InChI is InChI=1S/C19H28N4/c1-5-12-21-18(20-6-2)22-15-19(3,4)23-13-11-16-9-7-8-10-17(16)14-23/h1,7-10H,6,11-15H2,2-4H3,(H2,20,21,22). The van der Waals surface area contributed by atoms with E-state index in [1.165, 1.54) is 11.1 Å². The van der Waals surface area contributed by atoms with E-state index in [2.05, 4.69) is 66.5 Å². The van der Waals surface area contributed by atoms with E-state index in [-0.39, 0.29) is 5.54 Å². The minimum Gasteiger partial charge on any atom is -0.357 e. The highest BCUT2D eigenvalue weighted by molar-refractivity contribution is 5.80. The van der Waals surface area contributed by atoms with Crippen LogP contribution in [0.1, 0.15) is 31.9 Å². The number of aliphatic imine (C=N–C) groups is 1. The van der Waals surface area contributed by atoms with E-state index in [1.54, 1.807) is 0 Å². The van der Waals surface area contributed by atoms with Crippen LogP contribution in [-0.4, -0.2) is 42.6 Å². The summed E-state index contributed by atoms with van der Waals surface area (Å²) in [6, 6.07) is 8.73. The van der Waals surface area contributed by atoms with E-state index >= 15 is 0 Å². The maximum Gasteiger partial charge on any atom is 0.192 e. The summed E-state index contributed by atoms with van der Waals surface area (Å²) in [6.07, 6.45) is 6.42. The van der Waals surface area contributed by atoms with Gasteiger partial charge < -0.3 is 10.6 Å². The zero-order valence-corrected chi connectivity index (χ0v) is 14.5. The number of hydrogen-bond donors (Lipinski definition) is 2. The van der Waals surface area contributed by atoms with Gasteiger partial charge in [0, 0.05) is 25.2 Å². The van der Waals surface area contributed by atoms with Crippen LogP contribution in [0.4, 0.5) is 0 Å². The second-order valence-corrected chi connectivity index (χ2v) is 6.51. The van der Waals surface area contributed by atoms with Gasteiger partial charge in [-0.1, -0.05) is 30.2 Å². The van der Waals surface area contributed by atoms with Gasteiger partial charge in [0.1, 0.15) is 0 Å². The second kappa shape index (κ2) is 8.03. The molecule has 0 aromatic heterocycles. The van der Waals surface area contributed by atoms with E-state index in [0.717, 1.165) is 38.6 Å². The first-order valence-corrected chi connectivity index (χ1v) is 8.34. The number of rotatable bonds is 5. The molecule has 0 fully saturated rings. The van der Waals surface area contributed by atoms with Crippen LogP contribution < -0.4 is 10.6 Å². The molecule has 124 valence electrons. The molecule has 0 unspecified atom stereocenters. The first-order valence-electron chi connectivity index (χ1n) is 8.34. The molecular formula is C19H28N4. The Morgan fingerprint density at radius 1 is 1.30 bits per heavy atom. The van der Waals surface area contributed by atoms with Crippen molar-refractivity contribution in [2.75, 3.05) is 26.2 Å². The molecule has 0 saturated carbocycles. The van der Waals surface area contributed by atoms with Gasteiger partial charge in [-0.3, -0.25) is 9.89 Å². The van der Waals surface area contributed by atoms with Crippen LogP contribution in [-0.2, 0) is 13.0 Å². The lowest BCUT2D eigenvalue weighted by atomic mass is 9.94. The van der Waals surface area contributed by atoms with Gasteiger partial charge in [-0.15, -0.1) is 6.42 Å². The van der Waals surface area contributed by atoms with E-state index in [1.807, 2.05) is 0 Å². The van der Waals surface area contributed by atoms with E-state index in [0.29, 0.717) is 6.54 Å². The first-order chi connectivity index (χ1) is 11.1. The van der Waals surface area contributed by atoms with Crippen LogP contribution in [0.5, 0.6) is 0 Å². The minimum absolute atomic E-state index is 0.00598. The van der Waals surface area contributed by atoms with Gasteiger partial charge in [-0.05, 0) is 38.3 Å². The predicted molar refractivity (Wildman–Crippen MR) is 97.4 cm³/mol.